The van der Waals surface area contributed by atoms with Crippen LogP contribution in [0.1, 0.15) is 11.1 Å². The average Bonchev–Trinajstić information content (AvgIpc) is 2.32. The molecule has 0 bridgehead atoms. The molecular formula is C14H11BrClFO. The van der Waals surface area contributed by atoms with Crippen LogP contribution in [0.15, 0.2) is 40.9 Å². The molecule has 0 heterocycles. The van der Waals surface area contributed by atoms with E-state index in [2.05, 4.69) is 15.9 Å². The van der Waals surface area contributed by atoms with Crippen LogP contribution in [0, 0.1) is 12.7 Å². The van der Waals surface area contributed by atoms with E-state index in [0.29, 0.717) is 16.3 Å². The van der Waals surface area contributed by atoms with E-state index >= 15 is 0 Å². The van der Waals surface area contributed by atoms with Gasteiger partial charge < -0.3 is 4.74 Å². The zero-order chi connectivity index (χ0) is 13.1. The lowest BCUT2D eigenvalue weighted by atomic mass is 10.2. The van der Waals surface area contributed by atoms with Gasteiger partial charge in [0.05, 0.1) is 4.47 Å². The fourth-order valence-corrected chi connectivity index (χ4v) is 2.33. The van der Waals surface area contributed by atoms with Crippen molar-refractivity contribution in [2.75, 3.05) is 0 Å². The second-order valence-corrected chi connectivity index (χ2v) is 5.25. The zero-order valence-electron chi connectivity index (χ0n) is 9.71. The number of rotatable bonds is 3. The average molecular weight is 330 g/mol. The number of halogens is 3. The van der Waals surface area contributed by atoms with Gasteiger partial charge in [0.15, 0.2) is 0 Å². The minimum atomic E-state index is -0.317. The van der Waals surface area contributed by atoms with Crippen LogP contribution in [-0.2, 0) is 6.61 Å². The first-order valence-corrected chi connectivity index (χ1v) is 6.56. The number of benzene rings is 2. The van der Waals surface area contributed by atoms with Crippen molar-refractivity contribution in [2.24, 2.45) is 0 Å². The van der Waals surface area contributed by atoms with Gasteiger partial charge in [0.25, 0.3) is 0 Å². The molecular weight excluding hydrogens is 319 g/mol. The third-order valence-electron chi connectivity index (χ3n) is 2.48. The lowest BCUT2D eigenvalue weighted by Crippen LogP contribution is -1.99. The molecule has 0 spiro atoms. The molecule has 0 unspecified atom stereocenters. The minimum absolute atomic E-state index is 0.147. The molecule has 94 valence electrons. The maximum atomic E-state index is 13.5. The van der Waals surface area contributed by atoms with Crippen molar-refractivity contribution in [2.45, 2.75) is 13.5 Å². The Morgan fingerprint density at radius 3 is 2.72 bits per heavy atom. The van der Waals surface area contributed by atoms with Gasteiger partial charge in [0.1, 0.15) is 18.2 Å². The summed E-state index contributed by atoms with van der Waals surface area (Å²) in [4.78, 5) is 0. The second kappa shape index (κ2) is 5.72. The molecule has 2 rings (SSSR count). The van der Waals surface area contributed by atoms with Crippen molar-refractivity contribution >= 4 is 27.5 Å². The van der Waals surface area contributed by atoms with Crippen molar-refractivity contribution in [3.63, 3.8) is 0 Å². The van der Waals surface area contributed by atoms with Gasteiger partial charge in [-0.2, -0.15) is 0 Å². The van der Waals surface area contributed by atoms with Crippen molar-refractivity contribution in [1.29, 1.82) is 0 Å². The largest absolute Gasteiger partial charge is 0.488 e. The highest BCUT2D eigenvalue weighted by Gasteiger charge is 2.06. The molecule has 0 saturated heterocycles. The molecule has 1 nitrogen and oxygen atoms in total. The third-order valence-corrected chi connectivity index (χ3v) is 3.33. The number of aryl methyl sites for hydroxylation is 1. The van der Waals surface area contributed by atoms with Crippen LogP contribution in [-0.4, -0.2) is 0 Å². The number of hydrogen-bond donors (Lipinski definition) is 0. The molecule has 0 atom stereocenters. The SMILES string of the molecule is Cc1ccc(OCc2cc(Cl)ccc2F)c(Br)c1. The Balaban J connectivity index is 2.13. The van der Waals surface area contributed by atoms with Crippen molar-refractivity contribution < 1.29 is 9.13 Å². The summed E-state index contributed by atoms with van der Waals surface area (Å²) in [6.45, 7) is 2.14. The van der Waals surface area contributed by atoms with Crippen LogP contribution in [0.3, 0.4) is 0 Å². The Bertz CT molecular complexity index is 572. The first-order valence-electron chi connectivity index (χ1n) is 5.39. The predicted molar refractivity (Wildman–Crippen MR) is 74.6 cm³/mol. The Morgan fingerprint density at radius 2 is 2.00 bits per heavy atom. The van der Waals surface area contributed by atoms with Gasteiger partial charge in [0, 0.05) is 10.6 Å². The van der Waals surface area contributed by atoms with Gasteiger partial charge >= 0.3 is 0 Å². The summed E-state index contributed by atoms with van der Waals surface area (Å²) in [7, 11) is 0. The Morgan fingerprint density at radius 1 is 1.22 bits per heavy atom. The maximum Gasteiger partial charge on any atom is 0.134 e. The summed E-state index contributed by atoms with van der Waals surface area (Å²) in [5, 5.41) is 0.498. The molecule has 0 saturated carbocycles. The molecule has 0 aromatic heterocycles. The van der Waals surface area contributed by atoms with Gasteiger partial charge in [-0.15, -0.1) is 0 Å². The molecule has 0 amide bonds. The molecule has 18 heavy (non-hydrogen) atoms. The predicted octanol–water partition coefficient (Wildman–Crippen LogP) is 5.13. The van der Waals surface area contributed by atoms with Crippen molar-refractivity contribution in [3.8, 4) is 5.75 Å². The molecule has 0 fully saturated rings. The molecule has 2 aromatic carbocycles. The summed E-state index contributed by atoms with van der Waals surface area (Å²) in [5.41, 5.74) is 1.57. The van der Waals surface area contributed by atoms with Crippen LogP contribution in [0.4, 0.5) is 4.39 Å². The lowest BCUT2D eigenvalue weighted by Gasteiger charge is -2.09. The first-order chi connectivity index (χ1) is 8.56. The van der Waals surface area contributed by atoms with E-state index in [1.807, 2.05) is 25.1 Å². The fraction of sp³-hybridized carbons (Fsp3) is 0.143. The van der Waals surface area contributed by atoms with Gasteiger partial charge in [-0.1, -0.05) is 17.7 Å². The first kappa shape index (κ1) is 13.4. The molecule has 0 aliphatic carbocycles. The summed E-state index contributed by atoms with van der Waals surface area (Å²) in [6.07, 6.45) is 0. The van der Waals surface area contributed by atoms with E-state index in [1.54, 1.807) is 6.07 Å². The lowest BCUT2D eigenvalue weighted by molar-refractivity contribution is 0.298. The van der Waals surface area contributed by atoms with Crippen molar-refractivity contribution in [1.82, 2.24) is 0 Å². The zero-order valence-corrected chi connectivity index (χ0v) is 12.1. The van der Waals surface area contributed by atoms with Crippen LogP contribution >= 0.6 is 27.5 Å². The van der Waals surface area contributed by atoms with E-state index in [4.69, 9.17) is 16.3 Å². The highest BCUT2D eigenvalue weighted by atomic mass is 79.9. The number of hydrogen-bond acceptors (Lipinski definition) is 1. The fourth-order valence-electron chi connectivity index (χ4n) is 1.53. The standard InChI is InChI=1S/C14H11BrClFO/c1-9-2-5-14(12(15)6-9)18-8-10-7-11(16)3-4-13(10)17/h2-7H,8H2,1H3. The minimum Gasteiger partial charge on any atom is -0.488 e. The van der Waals surface area contributed by atoms with Crippen LogP contribution in [0.25, 0.3) is 0 Å². The summed E-state index contributed by atoms with van der Waals surface area (Å²) < 4.78 is 19.9. The normalized spacial score (nSPS) is 10.4. The maximum absolute atomic E-state index is 13.5. The Kier molecular flexibility index (Phi) is 4.25. The quantitative estimate of drug-likeness (QED) is 0.758. The number of ether oxygens (including phenoxy) is 1. The summed E-state index contributed by atoms with van der Waals surface area (Å²) in [6, 6.07) is 10.2. The van der Waals surface area contributed by atoms with E-state index in [0.717, 1.165) is 10.0 Å². The molecule has 4 heteroatoms. The van der Waals surface area contributed by atoms with E-state index < -0.39 is 0 Å². The molecule has 0 N–H and O–H groups in total. The summed E-state index contributed by atoms with van der Waals surface area (Å²) >= 11 is 9.23. The van der Waals surface area contributed by atoms with Crippen LogP contribution in [0.2, 0.25) is 5.02 Å². The monoisotopic (exact) mass is 328 g/mol. The van der Waals surface area contributed by atoms with Crippen molar-refractivity contribution in [3.05, 3.63) is 62.8 Å². The Labute approximate surface area is 119 Å². The van der Waals surface area contributed by atoms with Gasteiger partial charge in [-0.25, -0.2) is 4.39 Å². The third kappa shape index (κ3) is 3.24. The smallest absolute Gasteiger partial charge is 0.134 e. The van der Waals surface area contributed by atoms with E-state index in [1.165, 1.54) is 12.1 Å². The second-order valence-electron chi connectivity index (χ2n) is 3.96. The molecule has 0 aliphatic rings. The highest BCUT2D eigenvalue weighted by Crippen LogP contribution is 2.27. The molecule has 0 aliphatic heterocycles. The topological polar surface area (TPSA) is 9.23 Å². The van der Waals surface area contributed by atoms with Gasteiger partial charge in [-0.05, 0) is 58.7 Å². The van der Waals surface area contributed by atoms with Crippen LogP contribution in [0.5, 0.6) is 5.75 Å². The summed E-state index contributed by atoms with van der Waals surface area (Å²) in [5.74, 6) is 0.364. The molecule has 0 radical (unpaired) electrons. The van der Waals surface area contributed by atoms with Gasteiger partial charge in [0.2, 0.25) is 0 Å². The van der Waals surface area contributed by atoms with E-state index in [-0.39, 0.29) is 12.4 Å². The molecule has 2 aromatic rings. The van der Waals surface area contributed by atoms with Gasteiger partial charge in [-0.3, -0.25) is 0 Å². The van der Waals surface area contributed by atoms with Crippen LogP contribution < -0.4 is 4.74 Å². The van der Waals surface area contributed by atoms with E-state index in [9.17, 15) is 4.39 Å². The Hall–Kier alpha value is -1.06. The highest BCUT2D eigenvalue weighted by molar-refractivity contribution is 9.10.